The van der Waals surface area contributed by atoms with Gasteiger partial charge in [0.2, 0.25) is 5.60 Å². The zero-order chi connectivity index (χ0) is 17.0. The summed E-state index contributed by atoms with van der Waals surface area (Å²) in [4.78, 5) is 0. The van der Waals surface area contributed by atoms with Crippen molar-refractivity contribution in [2.45, 2.75) is 44.5 Å². The van der Waals surface area contributed by atoms with Gasteiger partial charge in [-0.15, -0.1) is 0 Å². The molecule has 0 amide bonds. The van der Waals surface area contributed by atoms with E-state index in [1.807, 2.05) is 6.07 Å². The van der Waals surface area contributed by atoms with E-state index in [0.717, 1.165) is 0 Å². The Morgan fingerprint density at radius 2 is 2.22 bits per heavy atom. The molecule has 0 spiro atoms. The number of alkyl halides is 3. The molecule has 23 heavy (non-hydrogen) atoms. The van der Waals surface area contributed by atoms with Crippen molar-refractivity contribution < 1.29 is 22.8 Å². The van der Waals surface area contributed by atoms with Crippen molar-refractivity contribution in [2.75, 3.05) is 0 Å². The second kappa shape index (κ2) is 4.83. The van der Waals surface area contributed by atoms with Gasteiger partial charge in [0.1, 0.15) is 12.2 Å². The van der Waals surface area contributed by atoms with Crippen LogP contribution in [0.15, 0.2) is 10.7 Å². The molecule has 9 heteroatoms. The van der Waals surface area contributed by atoms with Gasteiger partial charge in [-0.25, -0.2) is 0 Å². The van der Waals surface area contributed by atoms with Crippen LogP contribution in [0.25, 0.3) is 11.3 Å². The lowest BCUT2D eigenvalue weighted by Gasteiger charge is -2.27. The van der Waals surface area contributed by atoms with Crippen molar-refractivity contribution in [1.29, 1.82) is 5.26 Å². The monoisotopic (exact) mass is 326 g/mol. The molecular weight excluding hydrogens is 313 g/mol. The van der Waals surface area contributed by atoms with Gasteiger partial charge in [-0.2, -0.15) is 23.5 Å². The minimum Gasteiger partial charge on any atom is -0.375 e. The highest BCUT2D eigenvalue weighted by Gasteiger charge is 2.55. The molecule has 2 heterocycles. The number of aromatic nitrogens is 3. The Morgan fingerprint density at radius 1 is 1.52 bits per heavy atom. The third-order valence-corrected chi connectivity index (χ3v) is 4.15. The fourth-order valence-corrected chi connectivity index (χ4v) is 2.84. The number of fused-ring (bicyclic) bond motifs is 3. The maximum Gasteiger partial charge on any atom is 0.422 e. The van der Waals surface area contributed by atoms with Crippen LogP contribution < -0.4 is 0 Å². The normalized spacial score (nSPS) is 19.6. The predicted molar refractivity (Wildman–Crippen MR) is 71.1 cm³/mol. The third kappa shape index (κ3) is 2.13. The summed E-state index contributed by atoms with van der Waals surface area (Å²) in [7, 11) is 0. The average Bonchev–Trinajstić information content (AvgIpc) is 3.03. The standard InChI is InChI=1S/C14H13F3N4O2/c1-7-5-9-8(6-19-21(9)4-3-18)11-10(7)12(20-23-11)13(2,22)14(15,16)17/h6-7,22H,4-5H2,1-2H3/t7-,13+/m0/s1. The highest BCUT2D eigenvalue weighted by atomic mass is 19.4. The summed E-state index contributed by atoms with van der Waals surface area (Å²) in [6.45, 7) is 2.42. The highest BCUT2D eigenvalue weighted by Crippen LogP contribution is 2.47. The Bertz CT molecular complexity index is 798. The van der Waals surface area contributed by atoms with Crippen LogP contribution >= 0.6 is 0 Å². The molecule has 0 aromatic carbocycles. The molecule has 122 valence electrons. The molecule has 2 aromatic heterocycles. The Labute approximate surface area is 129 Å². The summed E-state index contributed by atoms with van der Waals surface area (Å²) < 4.78 is 45.9. The predicted octanol–water partition coefficient (Wildman–Crippen LogP) is 2.49. The lowest BCUT2D eigenvalue weighted by Crippen LogP contribution is -2.40. The van der Waals surface area contributed by atoms with Crippen LogP contribution in [0.1, 0.15) is 36.7 Å². The maximum atomic E-state index is 13.1. The van der Waals surface area contributed by atoms with Gasteiger partial charge in [0, 0.05) is 5.56 Å². The first-order chi connectivity index (χ1) is 10.7. The average molecular weight is 326 g/mol. The van der Waals surface area contributed by atoms with Crippen molar-refractivity contribution in [1.82, 2.24) is 14.9 Å². The van der Waals surface area contributed by atoms with Gasteiger partial charge in [-0.05, 0) is 19.3 Å². The highest BCUT2D eigenvalue weighted by molar-refractivity contribution is 5.68. The van der Waals surface area contributed by atoms with E-state index in [0.29, 0.717) is 24.6 Å². The number of nitrogens with zero attached hydrogens (tertiary/aromatic N) is 4. The zero-order valence-corrected chi connectivity index (χ0v) is 12.3. The largest absolute Gasteiger partial charge is 0.422 e. The Hall–Kier alpha value is -2.34. The smallest absolute Gasteiger partial charge is 0.375 e. The maximum absolute atomic E-state index is 13.1. The second-order valence-electron chi connectivity index (χ2n) is 5.77. The van der Waals surface area contributed by atoms with Gasteiger partial charge >= 0.3 is 6.18 Å². The zero-order valence-electron chi connectivity index (χ0n) is 12.3. The van der Waals surface area contributed by atoms with Crippen molar-refractivity contribution >= 4 is 0 Å². The first kappa shape index (κ1) is 15.6. The van der Waals surface area contributed by atoms with Crippen LogP contribution in [0.3, 0.4) is 0 Å². The molecule has 0 bridgehead atoms. The van der Waals surface area contributed by atoms with Crippen molar-refractivity contribution in [2.24, 2.45) is 0 Å². The summed E-state index contributed by atoms with van der Waals surface area (Å²) >= 11 is 0. The number of aliphatic hydroxyl groups is 1. The van der Waals surface area contributed by atoms with Gasteiger partial charge in [0.05, 0.1) is 23.5 Å². The molecule has 0 saturated heterocycles. The Morgan fingerprint density at radius 3 is 2.83 bits per heavy atom. The summed E-state index contributed by atoms with van der Waals surface area (Å²) in [6.07, 6.45) is -3.05. The lowest BCUT2D eigenvalue weighted by atomic mass is 9.82. The van der Waals surface area contributed by atoms with Crippen molar-refractivity contribution in [3.8, 4) is 17.4 Å². The van der Waals surface area contributed by atoms with E-state index in [1.54, 1.807) is 6.92 Å². The minimum atomic E-state index is -4.87. The quantitative estimate of drug-likeness (QED) is 0.916. The summed E-state index contributed by atoms with van der Waals surface area (Å²) in [5.74, 6) is -0.191. The Balaban J connectivity index is 2.17. The number of hydrogen-bond donors (Lipinski definition) is 1. The molecule has 1 N–H and O–H groups in total. The van der Waals surface area contributed by atoms with E-state index in [-0.39, 0.29) is 23.8 Å². The molecule has 0 fully saturated rings. The molecule has 3 rings (SSSR count). The number of hydrogen-bond acceptors (Lipinski definition) is 5. The van der Waals surface area contributed by atoms with Gasteiger partial charge in [0.15, 0.2) is 5.76 Å². The first-order valence-electron chi connectivity index (χ1n) is 6.89. The van der Waals surface area contributed by atoms with Crippen LogP contribution in [-0.2, 0) is 18.6 Å². The molecule has 0 aliphatic heterocycles. The number of halogens is 3. The second-order valence-corrected chi connectivity index (χ2v) is 5.77. The number of rotatable bonds is 2. The van der Waals surface area contributed by atoms with Crippen LogP contribution in [0.4, 0.5) is 13.2 Å². The van der Waals surface area contributed by atoms with Gasteiger partial charge < -0.3 is 9.63 Å². The van der Waals surface area contributed by atoms with E-state index in [2.05, 4.69) is 10.3 Å². The van der Waals surface area contributed by atoms with E-state index in [1.165, 1.54) is 10.9 Å². The molecule has 0 radical (unpaired) electrons. The van der Waals surface area contributed by atoms with Crippen LogP contribution in [-0.4, -0.2) is 26.2 Å². The number of nitriles is 1. The topological polar surface area (TPSA) is 87.9 Å². The van der Waals surface area contributed by atoms with Gasteiger partial charge in [-0.1, -0.05) is 12.1 Å². The Kier molecular flexibility index (Phi) is 3.26. The summed E-state index contributed by atoms with van der Waals surface area (Å²) in [5.41, 5.74) is -2.17. The lowest BCUT2D eigenvalue weighted by molar-refractivity contribution is -0.261. The molecule has 2 aromatic rings. The SMILES string of the molecule is C[C@H]1Cc2c(cnn2CC#N)-c2onc([C@@](C)(O)C(F)(F)F)c21. The van der Waals surface area contributed by atoms with Gasteiger partial charge in [0.25, 0.3) is 0 Å². The van der Waals surface area contributed by atoms with Crippen LogP contribution in [0.5, 0.6) is 0 Å². The molecule has 0 unspecified atom stereocenters. The molecule has 1 aliphatic carbocycles. The minimum absolute atomic E-state index is 0.0403. The fraction of sp³-hybridized carbons (Fsp3) is 0.500. The van der Waals surface area contributed by atoms with E-state index in [4.69, 9.17) is 9.78 Å². The molecular formula is C14H13F3N4O2. The van der Waals surface area contributed by atoms with E-state index in [9.17, 15) is 18.3 Å². The van der Waals surface area contributed by atoms with Crippen molar-refractivity contribution in [3.63, 3.8) is 0 Å². The molecule has 1 aliphatic rings. The van der Waals surface area contributed by atoms with Crippen molar-refractivity contribution in [3.05, 3.63) is 23.1 Å². The summed E-state index contributed by atoms with van der Waals surface area (Å²) in [6, 6.07) is 1.97. The third-order valence-electron chi connectivity index (χ3n) is 4.15. The fourth-order valence-electron chi connectivity index (χ4n) is 2.84. The first-order valence-corrected chi connectivity index (χ1v) is 6.89. The van der Waals surface area contributed by atoms with Gasteiger partial charge in [-0.3, -0.25) is 4.68 Å². The molecule has 2 atom stereocenters. The van der Waals surface area contributed by atoms with Crippen LogP contribution in [0.2, 0.25) is 0 Å². The van der Waals surface area contributed by atoms with Crippen LogP contribution in [0, 0.1) is 11.3 Å². The molecule has 0 saturated carbocycles. The molecule has 6 nitrogen and oxygen atoms in total. The summed E-state index contributed by atoms with van der Waals surface area (Å²) in [5, 5.41) is 26.3. The van der Waals surface area contributed by atoms with E-state index < -0.39 is 17.5 Å². The van der Waals surface area contributed by atoms with E-state index >= 15 is 0 Å².